The fourth-order valence-electron chi connectivity index (χ4n) is 1.30. The topological polar surface area (TPSA) is 88.0 Å². The van der Waals surface area contributed by atoms with Crippen molar-refractivity contribution in [1.29, 1.82) is 0 Å². The molecule has 0 aliphatic carbocycles. The van der Waals surface area contributed by atoms with Gasteiger partial charge in [0.05, 0.1) is 0 Å². The predicted molar refractivity (Wildman–Crippen MR) is 56.9 cm³/mol. The minimum atomic E-state index is -0.611. The highest BCUT2D eigenvalue weighted by atomic mass is 16.5. The first kappa shape index (κ1) is 10.2. The Morgan fingerprint density at radius 3 is 2.94 bits per heavy atom. The molecular weight excluding hydrogens is 210 g/mol. The van der Waals surface area contributed by atoms with Gasteiger partial charge >= 0.3 is 5.76 Å². The van der Waals surface area contributed by atoms with E-state index in [9.17, 15) is 9.59 Å². The van der Waals surface area contributed by atoms with Gasteiger partial charge in [-0.1, -0.05) is 17.3 Å². The van der Waals surface area contributed by atoms with E-state index in [2.05, 4.69) is 20.0 Å². The average molecular weight is 219 g/mol. The van der Waals surface area contributed by atoms with E-state index in [0.717, 1.165) is 0 Å². The summed E-state index contributed by atoms with van der Waals surface area (Å²) in [5, 5.41) is 6.18. The van der Waals surface area contributed by atoms with E-state index in [4.69, 9.17) is 0 Å². The van der Waals surface area contributed by atoms with Gasteiger partial charge < -0.3 is 5.32 Å². The second-order valence-electron chi connectivity index (χ2n) is 3.21. The van der Waals surface area contributed by atoms with Gasteiger partial charge in [-0.3, -0.25) is 14.3 Å². The Morgan fingerprint density at radius 2 is 2.31 bits per heavy atom. The first-order valence-corrected chi connectivity index (χ1v) is 4.59. The molecule has 0 saturated carbocycles. The van der Waals surface area contributed by atoms with E-state index < -0.39 is 5.76 Å². The zero-order chi connectivity index (χ0) is 11.5. The molecule has 6 nitrogen and oxygen atoms in total. The number of carbonyl (C=O) groups is 1. The Balaban J connectivity index is 2.35. The maximum absolute atomic E-state index is 10.9. The normalized spacial score (nSPS) is 10.1. The SMILES string of the molecule is CC(=O)Nc1cccc(-c2noc(=O)[nH]2)c1. The molecule has 0 aliphatic rings. The molecule has 1 heterocycles. The van der Waals surface area contributed by atoms with Gasteiger partial charge in [0.25, 0.3) is 0 Å². The lowest BCUT2D eigenvalue weighted by Crippen LogP contribution is -2.05. The summed E-state index contributed by atoms with van der Waals surface area (Å²) < 4.78 is 4.39. The van der Waals surface area contributed by atoms with Crippen molar-refractivity contribution in [1.82, 2.24) is 10.1 Å². The van der Waals surface area contributed by atoms with E-state index in [-0.39, 0.29) is 5.91 Å². The highest BCUT2D eigenvalue weighted by Crippen LogP contribution is 2.18. The fourth-order valence-corrected chi connectivity index (χ4v) is 1.30. The summed E-state index contributed by atoms with van der Waals surface area (Å²) in [5.41, 5.74) is 1.30. The third kappa shape index (κ3) is 2.17. The maximum Gasteiger partial charge on any atom is 0.439 e. The number of benzene rings is 1. The Labute approximate surface area is 90.3 Å². The van der Waals surface area contributed by atoms with Gasteiger partial charge in [-0.2, -0.15) is 0 Å². The molecule has 1 aromatic heterocycles. The maximum atomic E-state index is 10.9. The molecule has 0 radical (unpaired) electrons. The van der Waals surface area contributed by atoms with Gasteiger partial charge in [0, 0.05) is 18.2 Å². The number of hydrogen-bond donors (Lipinski definition) is 2. The number of aromatic amines is 1. The van der Waals surface area contributed by atoms with Crippen molar-refractivity contribution in [3.63, 3.8) is 0 Å². The predicted octanol–water partition coefficient (Wildman–Crippen LogP) is 0.988. The van der Waals surface area contributed by atoms with E-state index >= 15 is 0 Å². The summed E-state index contributed by atoms with van der Waals surface area (Å²) in [7, 11) is 0. The van der Waals surface area contributed by atoms with Crippen LogP contribution < -0.4 is 11.1 Å². The summed E-state index contributed by atoms with van der Waals surface area (Å²) in [4.78, 5) is 24.1. The fraction of sp³-hybridized carbons (Fsp3) is 0.100. The standard InChI is InChI=1S/C10H9N3O3/c1-6(14)11-8-4-2-3-7(5-8)9-12-10(15)16-13-9/h2-5H,1H3,(H,11,14)(H,12,13,15). The van der Waals surface area contributed by atoms with Crippen molar-refractivity contribution in [2.75, 3.05) is 5.32 Å². The number of amides is 1. The van der Waals surface area contributed by atoms with Gasteiger partial charge in [-0.05, 0) is 12.1 Å². The van der Waals surface area contributed by atoms with Crippen molar-refractivity contribution in [2.24, 2.45) is 0 Å². The van der Waals surface area contributed by atoms with Crippen LogP contribution in [-0.2, 0) is 4.79 Å². The average Bonchev–Trinajstić information content (AvgIpc) is 2.64. The zero-order valence-electron chi connectivity index (χ0n) is 8.48. The molecule has 0 bridgehead atoms. The molecule has 16 heavy (non-hydrogen) atoms. The van der Waals surface area contributed by atoms with Gasteiger partial charge in [-0.15, -0.1) is 0 Å². The van der Waals surface area contributed by atoms with Crippen LogP contribution in [0.15, 0.2) is 33.6 Å². The highest BCUT2D eigenvalue weighted by Gasteiger charge is 2.05. The van der Waals surface area contributed by atoms with Crippen LogP contribution in [0.5, 0.6) is 0 Å². The van der Waals surface area contributed by atoms with Crippen LogP contribution in [0.2, 0.25) is 0 Å². The number of anilines is 1. The molecule has 6 heteroatoms. The van der Waals surface area contributed by atoms with Gasteiger partial charge in [-0.25, -0.2) is 4.79 Å². The molecule has 2 aromatic rings. The van der Waals surface area contributed by atoms with Crippen LogP contribution in [0, 0.1) is 0 Å². The first-order chi connectivity index (χ1) is 7.65. The molecule has 1 aromatic carbocycles. The number of carbonyl (C=O) groups excluding carboxylic acids is 1. The van der Waals surface area contributed by atoms with E-state index in [1.54, 1.807) is 24.3 Å². The van der Waals surface area contributed by atoms with Crippen molar-refractivity contribution in [2.45, 2.75) is 6.92 Å². The molecule has 82 valence electrons. The van der Waals surface area contributed by atoms with Gasteiger partial charge in [0.1, 0.15) is 0 Å². The van der Waals surface area contributed by atoms with Gasteiger partial charge in [0.15, 0.2) is 5.82 Å². The molecule has 0 unspecified atom stereocenters. The lowest BCUT2D eigenvalue weighted by atomic mass is 10.2. The molecule has 0 fully saturated rings. The van der Waals surface area contributed by atoms with Crippen molar-refractivity contribution in [3.8, 4) is 11.4 Å². The van der Waals surface area contributed by atoms with Crippen LogP contribution in [0.4, 0.5) is 5.69 Å². The quantitative estimate of drug-likeness (QED) is 0.788. The molecule has 0 aliphatic heterocycles. The Hall–Kier alpha value is -2.37. The van der Waals surface area contributed by atoms with Crippen LogP contribution in [0.1, 0.15) is 6.92 Å². The van der Waals surface area contributed by atoms with Crippen LogP contribution in [0.3, 0.4) is 0 Å². The van der Waals surface area contributed by atoms with Crippen LogP contribution in [0.25, 0.3) is 11.4 Å². The summed E-state index contributed by atoms with van der Waals surface area (Å²) in [6.07, 6.45) is 0. The zero-order valence-corrected chi connectivity index (χ0v) is 8.48. The third-order valence-corrected chi connectivity index (χ3v) is 1.90. The second-order valence-corrected chi connectivity index (χ2v) is 3.21. The van der Waals surface area contributed by atoms with Crippen molar-refractivity contribution < 1.29 is 9.32 Å². The molecule has 0 spiro atoms. The number of nitrogens with one attached hydrogen (secondary N) is 2. The van der Waals surface area contributed by atoms with Crippen molar-refractivity contribution >= 4 is 11.6 Å². The minimum Gasteiger partial charge on any atom is -0.326 e. The van der Waals surface area contributed by atoms with Gasteiger partial charge in [0.2, 0.25) is 5.91 Å². The molecule has 0 atom stereocenters. The Morgan fingerprint density at radius 1 is 1.50 bits per heavy atom. The smallest absolute Gasteiger partial charge is 0.326 e. The summed E-state index contributed by atoms with van der Waals surface area (Å²) >= 11 is 0. The second kappa shape index (κ2) is 4.01. The lowest BCUT2D eigenvalue weighted by Gasteiger charge is -2.02. The Kier molecular flexibility index (Phi) is 2.55. The number of nitrogens with zero attached hydrogens (tertiary/aromatic N) is 1. The van der Waals surface area contributed by atoms with Crippen LogP contribution in [-0.4, -0.2) is 16.0 Å². The summed E-state index contributed by atoms with van der Waals surface area (Å²) in [6, 6.07) is 6.92. The number of hydrogen-bond acceptors (Lipinski definition) is 4. The molecule has 1 amide bonds. The van der Waals surface area contributed by atoms with E-state index in [1.165, 1.54) is 6.92 Å². The summed E-state index contributed by atoms with van der Waals surface area (Å²) in [6.45, 7) is 1.42. The minimum absolute atomic E-state index is 0.161. The van der Waals surface area contributed by atoms with Crippen molar-refractivity contribution in [3.05, 3.63) is 34.8 Å². The number of rotatable bonds is 2. The first-order valence-electron chi connectivity index (χ1n) is 4.59. The molecule has 2 rings (SSSR count). The number of H-pyrrole nitrogens is 1. The van der Waals surface area contributed by atoms with E-state index in [0.29, 0.717) is 17.1 Å². The summed E-state index contributed by atoms with van der Waals surface area (Å²) in [5.74, 6) is -0.442. The monoisotopic (exact) mass is 219 g/mol. The third-order valence-electron chi connectivity index (χ3n) is 1.90. The highest BCUT2D eigenvalue weighted by molar-refractivity contribution is 5.89. The van der Waals surface area contributed by atoms with Crippen LogP contribution >= 0.6 is 0 Å². The lowest BCUT2D eigenvalue weighted by molar-refractivity contribution is -0.114. The molecule has 2 N–H and O–H groups in total. The largest absolute Gasteiger partial charge is 0.439 e. The number of aromatic nitrogens is 2. The van der Waals surface area contributed by atoms with E-state index in [1.807, 2.05) is 0 Å². The molecular formula is C10H9N3O3. The Bertz CT molecular complexity index is 570. The molecule has 0 saturated heterocycles.